The summed E-state index contributed by atoms with van der Waals surface area (Å²) >= 11 is 0. The van der Waals surface area contributed by atoms with Crippen molar-refractivity contribution < 1.29 is 9.32 Å². The van der Waals surface area contributed by atoms with E-state index in [9.17, 15) is 4.79 Å². The monoisotopic (exact) mass is 333 g/mol. The fourth-order valence-electron chi connectivity index (χ4n) is 3.28. The minimum absolute atomic E-state index is 0.0672. The number of hydrogen-bond donors (Lipinski definition) is 0. The molecule has 5 heteroatoms. The van der Waals surface area contributed by atoms with Crippen LogP contribution in [0.4, 0.5) is 5.69 Å². The molecule has 0 N–H and O–H groups in total. The molecule has 1 amide bonds. The number of nitrogens with zero attached hydrogens (tertiary/aromatic N) is 3. The molecule has 1 fully saturated rings. The highest BCUT2D eigenvalue weighted by Gasteiger charge is 2.35. The van der Waals surface area contributed by atoms with Crippen molar-refractivity contribution >= 4 is 11.6 Å². The van der Waals surface area contributed by atoms with Gasteiger partial charge in [0.05, 0.1) is 5.92 Å². The lowest BCUT2D eigenvalue weighted by molar-refractivity contribution is -0.117. The summed E-state index contributed by atoms with van der Waals surface area (Å²) in [5.74, 6) is 1.13. The van der Waals surface area contributed by atoms with Crippen molar-refractivity contribution in [3.8, 4) is 11.4 Å². The maximum Gasteiger partial charge on any atom is 0.232 e. The molecule has 0 bridgehead atoms. The van der Waals surface area contributed by atoms with Crippen LogP contribution in [0.1, 0.15) is 30.7 Å². The number of carbonyl (C=O) groups excluding carboxylic acids is 1. The summed E-state index contributed by atoms with van der Waals surface area (Å²) in [6.07, 6.45) is 1.29. The summed E-state index contributed by atoms with van der Waals surface area (Å²) in [6, 6.07) is 17.7. The van der Waals surface area contributed by atoms with Gasteiger partial charge in [-0.15, -0.1) is 0 Å². The molecule has 0 aliphatic carbocycles. The second-order valence-electron chi connectivity index (χ2n) is 6.21. The summed E-state index contributed by atoms with van der Waals surface area (Å²) in [6.45, 7) is 2.67. The van der Waals surface area contributed by atoms with Crippen LogP contribution in [0.5, 0.6) is 0 Å². The summed E-state index contributed by atoms with van der Waals surface area (Å²) < 4.78 is 5.45. The number of para-hydroxylation sites is 1. The first-order chi connectivity index (χ1) is 12.3. The first-order valence-electron chi connectivity index (χ1n) is 8.53. The van der Waals surface area contributed by atoms with Gasteiger partial charge in [-0.2, -0.15) is 4.98 Å². The van der Waals surface area contributed by atoms with Crippen molar-refractivity contribution in [3.05, 3.63) is 66.1 Å². The number of aryl methyl sites for hydroxylation is 1. The molecular formula is C20H19N3O2. The molecule has 0 radical (unpaired) electrons. The molecule has 1 aliphatic heterocycles. The van der Waals surface area contributed by atoms with E-state index in [1.165, 1.54) is 5.56 Å². The van der Waals surface area contributed by atoms with Gasteiger partial charge in [0.2, 0.25) is 17.6 Å². The van der Waals surface area contributed by atoms with E-state index in [-0.39, 0.29) is 11.8 Å². The van der Waals surface area contributed by atoms with Crippen molar-refractivity contribution in [3.63, 3.8) is 0 Å². The van der Waals surface area contributed by atoms with E-state index in [2.05, 4.69) is 23.1 Å². The third-order valence-corrected chi connectivity index (χ3v) is 4.61. The van der Waals surface area contributed by atoms with E-state index in [1.807, 2.05) is 53.4 Å². The van der Waals surface area contributed by atoms with Gasteiger partial charge in [0.25, 0.3) is 0 Å². The lowest BCUT2D eigenvalue weighted by atomic mass is 10.1. The van der Waals surface area contributed by atoms with E-state index >= 15 is 0 Å². The predicted molar refractivity (Wildman–Crippen MR) is 95.3 cm³/mol. The molecule has 1 unspecified atom stereocenters. The fourth-order valence-corrected chi connectivity index (χ4v) is 3.28. The van der Waals surface area contributed by atoms with Gasteiger partial charge in [-0.25, -0.2) is 0 Å². The minimum Gasteiger partial charge on any atom is -0.339 e. The van der Waals surface area contributed by atoms with Gasteiger partial charge in [0.15, 0.2) is 0 Å². The van der Waals surface area contributed by atoms with E-state index in [0.717, 1.165) is 17.7 Å². The maximum absolute atomic E-state index is 12.5. The normalized spacial score (nSPS) is 17.2. The second kappa shape index (κ2) is 6.51. The van der Waals surface area contributed by atoms with Crippen molar-refractivity contribution in [2.45, 2.75) is 25.7 Å². The van der Waals surface area contributed by atoms with Crippen LogP contribution in [-0.2, 0) is 11.2 Å². The van der Waals surface area contributed by atoms with Crippen molar-refractivity contribution in [2.75, 3.05) is 11.4 Å². The number of benzene rings is 2. The molecule has 5 nitrogen and oxygen atoms in total. The van der Waals surface area contributed by atoms with Gasteiger partial charge in [0.1, 0.15) is 0 Å². The van der Waals surface area contributed by atoms with Crippen LogP contribution in [0.25, 0.3) is 11.4 Å². The number of hydrogen-bond acceptors (Lipinski definition) is 4. The van der Waals surface area contributed by atoms with Gasteiger partial charge in [-0.1, -0.05) is 60.6 Å². The predicted octanol–water partition coefficient (Wildman–Crippen LogP) is 3.82. The Morgan fingerprint density at radius 1 is 1.12 bits per heavy atom. The smallest absolute Gasteiger partial charge is 0.232 e. The minimum atomic E-state index is -0.0672. The van der Waals surface area contributed by atoms with Crippen LogP contribution in [0, 0.1) is 0 Å². The molecule has 1 saturated heterocycles. The Morgan fingerprint density at radius 3 is 2.68 bits per heavy atom. The van der Waals surface area contributed by atoms with Gasteiger partial charge in [-0.3, -0.25) is 4.79 Å². The highest BCUT2D eigenvalue weighted by Crippen LogP contribution is 2.33. The first kappa shape index (κ1) is 15.6. The number of anilines is 1. The third-order valence-electron chi connectivity index (χ3n) is 4.61. The van der Waals surface area contributed by atoms with Crippen LogP contribution in [-0.4, -0.2) is 22.6 Å². The lowest BCUT2D eigenvalue weighted by Gasteiger charge is -2.19. The first-order valence-corrected chi connectivity index (χ1v) is 8.53. The van der Waals surface area contributed by atoms with Gasteiger partial charge in [-0.05, 0) is 18.1 Å². The molecule has 2 heterocycles. The summed E-state index contributed by atoms with van der Waals surface area (Å²) in [5.41, 5.74) is 3.07. The summed E-state index contributed by atoms with van der Waals surface area (Å²) in [7, 11) is 0. The Kier molecular flexibility index (Phi) is 4.06. The molecular weight excluding hydrogens is 314 g/mol. The average Bonchev–Trinajstić information content (AvgIpc) is 3.29. The highest BCUT2D eigenvalue weighted by atomic mass is 16.5. The number of aromatic nitrogens is 2. The van der Waals surface area contributed by atoms with Crippen molar-refractivity contribution in [2.24, 2.45) is 0 Å². The Labute approximate surface area is 146 Å². The molecule has 1 aromatic heterocycles. The molecule has 0 spiro atoms. The molecule has 0 saturated carbocycles. The number of amides is 1. The largest absolute Gasteiger partial charge is 0.339 e. The molecule has 2 aromatic carbocycles. The topological polar surface area (TPSA) is 59.2 Å². The van der Waals surface area contributed by atoms with Crippen LogP contribution in [0.2, 0.25) is 0 Å². The van der Waals surface area contributed by atoms with Crippen molar-refractivity contribution in [1.29, 1.82) is 0 Å². The zero-order valence-corrected chi connectivity index (χ0v) is 14.1. The van der Waals surface area contributed by atoms with Crippen molar-refractivity contribution in [1.82, 2.24) is 10.1 Å². The molecule has 1 aliphatic rings. The summed E-state index contributed by atoms with van der Waals surface area (Å²) in [4.78, 5) is 18.9. The van der Waals surface area contributed by atoms with Crippen LogP contribution < -0.4 is 4.90 Å². The molecule has 126 valence electrons. The second-order valence-corrected chi connectivity index (χ2v) is 6.21. The highest BCUT2D eigenvalue weighted by molar-refractivity contribution is 5.97. The lowest BCUT2D eigenvalue weighted by Crippen LogP contribution is -2.25. The third kappa shape index (κ3) is 2.93. The number of rotatable bonds is 4. The van der Waals surface area contributed by atoms with Gasteiger partial charge in [0, 0.05) is 24.2 Å². The van der Waals surface area contributed by atoms with Crippen LogP contribution in [0.15, 0.2) is 59.1 Å². The molecule has 4 rings (SSSR count). The average molecular weight is 333 g/mol. The van der Waals surface area contributed by atoms with E-state index < -0.39 is 0 Å². The van der Waals surface area contributed by atoms with E-state index in [4.69, 9.17) is 4.52 Å². The standard InChI is InChI=1S/C20H19N3O2/c1-2-14-8-6-7-11-17(14)23-13-16(12-18(23)24)20-21-19(22-25-20)15-9-4-3-5-10-15/h3-11,16H,2,12-13H2,1H3. The SMILES string of the molecule is CCc1ccccc1N1CC(c2nc(-c3ccccc3)no2)CC1=O. The zero-order chi connectivity index (χ0) is 17.2. The zero-order valence-electron chi connectivity index (χ0n) is 14.1. The molecule has 25 heavy (non-hydrogen) atoms. The van der Waals surface area contributed by atoms with Crippen LogP contribution in [0.3, 0.4) is 0 Å². The molecule has 1 atom stereocenters. The van der Waals surface area contributed by atoms with Crippen LogP contribution >= 0.6 is 0 Å². The Hall–Kier alpha value is -2.95. The number of carbonyl (C=O) groups is 1. The fraction of sp³-hybridized carbons (Fsp3) is 0.250. The Balaban J connectivity index is 1.58. The summed E-state index contributed by atoms with van der Waals surface area (Å²) in [5, 5.41) is 4.07. The molecule has 3 aromatic rings. The Bertz CT molecular complexity index is 889. The van der Waals surface area contributed by atoms with E-state index in [0.29, 0.717) is 24.7 Å². The quantitative estimate of drug-likeness (QED) is 0.728. The van der Waals surface area contributed by atoms with Gasteiger partial charge < -0.3 is 9.42 Å². The van der Waals surface area contributed by atoms with E-state index in [1.54, 1.807) is 0 Å². The maximum atomic E-state index is 12.5. The van der Waals surface area contributed by atoms with Gasteiger partial charge >= 0.3 is 0 Å². The Morgan fingerprint density at radius 2 is 1.88 bits per heavy atom.